The topological polar surface area (TPSA) is 81.4 Å². The molecular formula is C14H21ClN2O3S. The van der Waals surface area contributed by atoms with E-state index in [1.165, 1.54) is 12.1 Å². The first-order chi connectivity index (χ1) is 9.86. The fourth-order valence-corrected chi connectivity index (χ4v) is 3.71. The van der Waals surface area contributed by atoms with Crippen molar-refractivity contribution in [2.75, 3.05) is 19.8 Å². The highest BCUT2D eigenvalue weighted by Gasteiger charge is 2.29. The van der Waals surface area contributed by atoms with Crippen LogP contribution >= 0.6 is 11.6 Å². The van der Waals surface area contributed by atoms with Gasteiger partial charge < -0.3 is 10.5 Å². The SMILES string of the molecule is CC1(CNS(=O)(=O)c2ccc(Cl)c(CN)c2)CCOCC1. The zero-order valence-corrected chi connectivity index (χ0v) is 13.6. The molecular weight excluding hydrogens is 312 g/mol. The molecule has 1 saturated heterocycles. The summed E-state index contributed by atoms with van der Waals surface area (Å²) in [7, 11) is -3.55. The van der Waals surface area contributed by atoms with Crippen LogP contribution in [0.4, 0.5) is 0 Å². The van der Waals surface area contributed by atoms with Gasteiger partial charge in [0.15, 0.2) is 0 Å². The van der Waals surface area contributed by atoms with Crippen LogP contribution < -0.4 is 10.5 Å². The van der Waals surface area contributed by atoms with Crippen LogP contribution in [0.5, 0.6) is 0 Å². The minimum Gasteiger partial charge on any atom is -0.381 e. The Morgan fingerprint density at radius 1 is 1.38 bits per heavy atom. The van der Waals surface area contributed by atoms with Crippen LogP contribution in [0.3, 0.4) is 0 Å². The van der Waals surface area contributed by atoms with Crippen LogP contribution in [0.1, 0.15) is 25.3 Å². The Labute approximate surface area is 130 Å². The second kappa shape index (κ2) is 6.62. The molecule has 1 aliphatic heterocycles. The summed E-state index contributed by atoms with van der Waals surface area (Å²) in [6.45, 7) is 4.04. The number of rotatable bonds is 5. The lowest BCUT2D eigenvalue weighted by atomic mass is 9.83. The lowest BCUT2D eigenvalue weighted by molar-refractivity contribution is 0.0265. The molecule has 0 saturated carbocycles. The number of hydrogen-bond acceptors (Lipinski definition) is 4. The summed E-state index contributed by atoms with van der Waals surface area (Å²) in [5.74, 6) is 0. The molecule has 21 heavy (non-hydrogen) atoms. The van der Waals surface area contributed by atoms with Gasteiger partial charge in [-0.2, -0.15) is 0 Å². The van der Waals surface area contributed by atoms with E-state index in [2.05, 4.69) is 11.6 Å². The van der Waals surface area contributed by atoms with Gasteiger partial charge in [0.05, 0.1) is 4.90 Å². The van der Waals surface area contributed by atoms with Crippen LogP contribution in [-0.2, 0) is 21.3 Å². The highest BCUT2D eigenvalue weighted by molar-refractivity contribution is 7.89. The highest BCUT2D eigenvalue weighted by atomic mass is 35.5. The largest absolute Gasteiger partial charge is 0.381 e. The van der Waals surface area contributed by atoms with Crippen LogP contribution in [0, 0.1) is 5.41 Å². The summed E-state index contributed by atoms with van der Waals surface area (Å²) < 4.78 is 32.7. The van der Waals surface area contributed by atoms with E-state index in [1.54, 1.807) is 6.07 Å². The summed E-state index contributed by atoms with van der Waals surface area (Å²) in [5, 5.41) is 0.479. The third-order valence-corrected chi connectivity index (χ3v) is 5.70. The lowest BCUT2D eigenvalue weighted by Gasteiger charge is -2.33. The van der Waals surface area contributed by atoms with Crippen molar-refractivity contribution in [3.05, 3.63) is 28.8 Å². The van der Waals surface area contributed by atoms with Gasteiger partial charge in [0, 0.05) is 31.3 Å². The highest BCUT2D eigenvalue weighted by Crippen LogP contribution is 2.29. The maximum absolute atomic E-state index is 12.4. The summed E-state index contributed by atoms with van der Waals surface area (Å²) in [6.07, 6.45) is 1.70. The van der Waals surface area contributed by atoms with E-state index in [9.17, 15) is 8.42 Å². The number of ether oxygens (including phenoxy) is 1. The van der Waals surface area contributed by atoms with Gasteiger partial charge in [-0.1, -0.05) is 18.5 Å². The van der Waals surface area contributed by atoms with E-state index < -0.39 is 10.0 Å². The van der Waals surface area contributed by atoms with Crippen LogP contribution in [0.2, 0.25) is 5.02 Å². The monoisotopic (exact) mass is 332 g/mol. The zero-order valence-electron chi connectivity index (χ0n) is 12.1. The summed E-state index contributed by atoms with van der Waals surface area (Å²) in [6, 6.07) is 4.58. The second-order valence-electron chi connectivity index (χ2n) is 5.70. The van der Waals surface area contributed by atoms with E-state index in [0.29, 0.717) is 30.3 Å². The summed E-state index contributed by atoms with van der Waals surface area (Å²) in [4.78, 5) is 0.197. The minimum absolute atomic E-state index is 0.0611. The molecule has 118 valence electrons. The molecule has 0 amide bonds. The Kier molecular flexibility index (Phi) is 5.27. The van der Waals surface area contributed by atoms with Crippen molar-refractivity contribution < 1.29 is 13.2 Å². The molecule has 7 heteroatoms. The Hall–Kier alpha value is -0.660. The van der Waals surface area contributed by atoms with Crippen molar-refractivity contribution in [2.45, 2.75) is 31.2 Å². The normalized spacial score (nSPS) is 18.6. The number of nitrogens with one attached hydrogen (secondary N) is 1. The molecule has 0 aliphatic carbocycles. The molecule has 0 bridgehead atoms. The Morgan fingerprint density at radius 2 is 2.05 bits per heavy atom. The third kappa shape index (κ3) is 4.17. The molecule has 0 aromatic heterocycles. The van der Waals surface area contributed by atoms with Crippen LogP contribution in [0.25, 0.3) is 0 Å². The van der Waals surface area contributed by atoms with Gasteiger partial charge >= 0.3 is 0 Å². The van der Waals surface area contributed by atoms with Crippen molar-refractivity contribution in [2.24, 2.45) is 11.1 Å². The molecule has 1 aromatic rings. The zero-order chi connectivity index (χ0) is 15.5. The van der Waals surface area contributed by atoms with Crippen LogP contribution in [0.15, 0.2) is 23.1 Å². The molecule has 1 fully saturated rings. The lowest BCUT2D eigenvalue weighted by Crippen LogP contribution is -2.39. The Bertz CT molecular complexity index is 598. The molecule has 1 heterocycles. The Balaban J connectivity index is 2.11. The van der Waals surface area contributed by atoms with E-state index in [4.69, 9.17) is 22.1 Å². The van der Waals surface area contributed by atoms with Gasteiger partial charge in [0.1, 0.15) is 0 Å². The van der Waals surface area contributed by atoms with Crippen molar-refractivity contribution in [1.29, 1.82) is 0 Å². The third-order valence-electron chi connectivity index (χ3n) is 3.94. The number of halogens is 1. The maximum atomic E-state index is 12.4. The van der Waals surface area contributed by atoms with Crippen molar-refractivity contribution >= 4 is 21.6 Å². The molecule has 1 aromatic carbocycles. The molecule has 0 spiro atoms. The van der Waals surface area contributed by atoms with Gasteiger partial charge in [-0.05, 0) is 42.0 Å². The first-order valence-electron chi connectivity index (χ1n) is 6.92. The second-order valence-corrected chi connectivity index (χ2v) is 7.88. The predicted octanol–water partition coefficient (Wildman–Crippen LogP) is 1.89. The van der Waals surface area contributed by atoms with E-state index in [1.807, 2.05) is 0 Å². The number of sulfonamides is 1. The average Bonchev–Trinajstić information content (AvgIpc) is 2.46. The number of nitrogens with two attached hydrogens (primary N) is 1. The standard InChI is InChI=1S/C14H21ClN2O3S/c1-14(4-6-20-7-5-14)10-17-21(18,19)12-2-3-13(15)11(8-12)9-16/h2-3,8,17H,4-7,9-10,16H2,1H3. The Morgan fingerprint density at radius 3 is 2.67 bits per heavy atom. The summed E-state index contributed by atoms with van der Waals surface area (Å²) in [5.41, 5.74) is 6.12. The fraction of sp³-hybridized carbons (Fsp3) is 0.571. The molecule has 0 atom stereocenters. The average molecular weight is 333 g/mol. The van der Waals surface area contributed by atoms with Crippen molar-refractivity contribution in [3.63, 3.8) is 0 Å². The molecule has 0 radical (unpaired) electrons. The van der Waals surface area contributed by atoms with Gasteiger partial charge in [0.2, 0.25) is 10.0 Å². The quantitative estimate of drug-likeness (QED) is 0.862. The first-order valence-corrected chi connectivity index (χ1v) is 8.78. The van der Waals surface area contributed by atoms with Gasteiger partial charge in [0.25, 0.3) is 0 Å². The molecule has 1 aliphatic rings. The minimum atomic E-state index is -3.55. The number of hydrogen-bond donors (Lipinski definition) is 2. The molecule has 0 unspecified atom stereocenters. The molecule has 2 rings (SSSR count). The number of benzene rings is 1. The van der Waals surface area contributed by atoms with Gasteiger partial charge in [-0.15, -0.1) is 0 Å². The van der Waals surface area contributed by atoms with E-state index >= 15 is 0 Å². The smallest absolute Gasteiger partial charge is 0.240 e. The van der Waals surface area contributed by atoms with E-state index in [-0.39, 0.29) is 16.9 Å². The predicted molar refractivity (Wildman–Crippen MR) is 82.7 cm³/mol. The summed E-state index contributed by atoms with van der Waals surface area (Å²) >= 11 is 5.96. The van der Waals surface area contributed by atoms with Crippen molar-refractivity contribution in [1.82, 2.24) is 4.72 Å². The van der Waals surface area contributed by atoms with Crippen LogP contribution in [-0.4, -0.2) is 28.2 Å². The maximum Gasteiger partial charge on any atom is 0.240 e. The van der Waals surface area contributed by atoms with Gasteiger partial charge in [-0.3, -0.25) is 0 Å². The molecule has 3 N–H and O–H groups in total. The first kappa shape index (κ1) is 16.7. The van der Waals surface area contributed by atoms with Crippen molar-refractivity contribution in [3.8, 4) is 0 Å². The van der Waals surface area contributed by atoms with E-state index in [0.717, 1.165) is 12.8 Å². The molecule has 5 nitrogen and oxygen atoms in total. The van der Waals surface area contributed by atoms with Gasteiger partial charge in [-0.25, -0.2) is 13.1 Å². The fourth-order valence-electron chi connectivity index (χ4n) is 2.27.